The molecule has 5 aromatic carbocycles. The molecule has 0 atom stereocenters. The maximum Gasteiger partial charge on any atom is 0.489 e. The number of fused-ring (bicyclic) bond motifs is 6. The molecule has 0 fully saturated rings. The van der Waals surface area contributed by atoms with E-state index in [4.69, 9.17) is 0 Å². The molecule has 0 aliphatic heterocycles. The Morgan fingerprint density at radius 2 is 1.37 bits per heavy atom. The minimum Gasteiger partial charge on any atom is -0.423 e. The third-order valence-corrected chi connectivity index (χ3v) is 8.04. The van der Waals surface area contributed by atoms with E-state index in [-0.39, 0.29) is 0 Å². The van der Waals surface area contributed by atoms with Crippen molar-refractivity contribution in [2.75, 3.05) is 0 Å². The molecule has 2 aromatic heterocycles. The predicted molar refractivity (Wildman–Crippen MR) is 149 cm³/mol. The summed E-state index contributed by atoms with van der Waals surface area (Å²) >= 11 is 1.70. The monoisotopic (exact) mass is 469 g/mol. The summed E-state index contributed by atoms with van der Waals surface area (Å²) in [6, 6.07) is 37.7. The molecule has 0 amide bonds. The highest BCUT2D eigenvalue weighted by Gasteiger charge is 2.20. The molecular formula is C30H20BNO2S. The van der Waals surface area contributed by atoms with Crippen LogP contribution in [0.4, 0.5) is 0 Å². The van der Waals surface area contributed by atoms with Crippen LogP contribution in [-0.2, 0) is 0 Å². The smallest absolute Gasteiger partial charge is 0.423 e. The van der Waals surface area contributed by atoms with Crippen LogP contribution in [0.25, 0.3) is 58.8 Å². The lowest BCUT2D eigenvalue weighted by Gasteiger charge is -2.08. The van der Waals surface area contributed by atoms with Gasteiger partial charge in [0.2, 0.25) is 0 Å². The second-order valence-electron chi connectivity index (χ2n) is 8.80. The summed E-state index contributed by atoms with van der Waals surface area (Å²) in [5.41, 5.74) is 6.36. The Balaban J connectivity index is 1.52. The largest absolute Gasteiger partial charge is 0.489 e. The van der Waals surface area contributed by atoms with Crippen LogP contribution < -0.4 is 5.46 Å². The van der Waals surface area contributed by atoms with E-state index in [9.17, 15) is 10.0 Å². The first-order chi connectivity index (χ1) is 17.2. The standard InChI is InChI=1S/C30H20BNO2S/c33-31(34)25-13-7-15-28-29(25)23-12-6-11-21(30(23)35-28)19-16-17-27-24(18-19)22-10-4-5-14-26(22)32(27)20-8-2-1-3-9-20/h1-18,33-34H. The molecule has 3 nitrogen and oxygen atoms in total. The fraction of sp³-hybridized carbons (Fsp3) is 0. The van der Waals surface area contributed by atoms with E-state index in [0.29, 0.717) is 5.46 Å². The molecule has 0 unspecified atom stereocenters. The van der Waals surface area contributed by atoms with Crippen LogP contribution in [-0.4, -0.2) is 21.7 Å². The molecule has 2 heterocycles. The highest BCUT2D eigenvalue weighted by Crippen LogP contribution is 2.41. The lowest BCUT2D eigenvalue weighted by Crippen LogP contribution is -2.30. The van der Waals surface area contributed by atoms with Gasteiger partial charge in [-0.3, -0.25) is 0 Å². The number of hydrogen-bond donors (Lipinski definition) is 2. The van der Waals surface area contributed by atoms with Gasteiger partial charge in [-0.2, -0.15) is 0 Å². The van der Waals surface area contributed by atoms with E-state index < -0.39 is 7.12 Å². The summed E-state index contributed by atoms with van der Waals surface area (Å²) in [5, 5.41) is 24.3. The molecule has 0 saturated heterocycles. The maximum atomic E-state index is 9.96. The Morgan fingerprint density at radius 1 is 0.629 bits per heavy atom. The van der Waals surface area contributed by atoms with Crippen molar-refractivity contribution < 1.29 is 10.0 Å². The molecule has 0 aliphatic carbocycles. The van der Waals surface area contributed by atoms with Gasteiger partial charge < -0.3 is 14.6 Å². The fourth-order valence-electron chi connectivity index (χ4n) is 5.31. The molecule has 2 N–H and O–H groups in total. The Kier molecular flexibility index (Phi) is 4.58. The first kappa shape index (κ1) is 20.5. The van der Waals surface area contributed by atoms with Crippen LogP contribution >= 0.6 is 11.3 Å². The average Bonchev–Trinajstić information content (AvgIpc) is 3.44. The number of hydrogen-bond acceptors (Lipinski definition) is 3. The summed E-state index contributed by atoms with van der Waals surface area (Å²) in [6.07, 6.45) is 0. The zero-order chi connectivity index (χ0) is 23.5. The quantitative estimate of drug-likeness (QED) is 0.290. The van der Waals surface area contributed by atoms with Crippen molar-refractivity contribution in [3.05, 3.63) is 109 Å². The van der Waals surface area contributed by atoms with Crippen molar-refractivity contribution in [1.82, 2.24) is 4.57 Å². The Morgan fingerprint density at radius 3 is 2.23 bits per heavy atom. The Bertz CT molecular complexity index is 1890. The number of thiophene rings is 1. The summed E-state index contributed by atoms with van der Waals surface area (Å²) in [4.78, 5) is 0. The number of aromatic nitrogens is 1. The van der Waals surface area contributed by atoms with Gasteiger partial charge in [0.1, 0.15) is 0 Å². The third-order valence-electron chi connectivity index (χ3n) is 6.83. The number of rotatable bonds is 3. The van der Waals surface area contributed by atoms with Crippen molar-refractivity contribution in [3.63, 3.8) is 0 Å². The van der Waals surface area contributed by atoms with E-state index in [0.717, 1.165) is 37.0 Å². The summed E-state index contributed by atoms with van der Waals surface area (Å²) in [7, 11) is -1.50. The average molecular weight is 469 g/mol. The van der Waals surface area contributed by atoms with Crippen LogP contribution in [0, 0.1) is 0 Å². The molecule has 0 saturated carbocycles. The lowest BCUT2D eigenvalue weighted by atomic mass is 9.77. The highest BCUT2D eigenvalue weighted by atomic mass is 32.1. The second kappa shape index (κ2) is 7.82. The molecule has 0 aliphatic rings. The molecule has 7 rings (SSSR count). The normalized spacial score (nSPS) is 11.7. The van der Waals surface area contributed by atoms with E-state index in [2.05, 4.69) is 89.5 Å². The third kappa shape index (κ3) is 3.06. The molecule has 7 aromatic rings. The van der Waals surface area contributed by atoms with Gasteiger partial charge in [0.25, 0.3) is 0 Å². The topological polar surface area (TPSA) is 45.4 Å². The van der Waals surface area contributed by atoms with Gasteiger partial charge in [-0.05, 0) is 53.0 Å². The van der Waals surface area contributed by atoms with E-state index in [1.807, 2.05) is 18.2 Å². The number of benzene rings is 5. The van der Waals surface area contributed by atoms with Crippen molar-refractivity contribution in [2.24, 2.45) is 0 Å². The first-order valence-electron chi connectivity index (χ1n) is 11.6. The maximum absolute atomic E-state index is 9.96. The number of para-hydroxylation sites is 2. The molecule has 0 bridgehead atoms. The molecule has 0 radical (unpaired) electrons. The van der Waals surface area contributed by atoms with Crippen molar-refractivity contribution >= 4 is 65.9 Å². The lowest BCUT2D eigenvalue weighted by molar-refractivity contribution is 0.426. The fourth-order valence-corrected chi connectivity index (χ4v) is 6.59. The van der Waals surface area contributed by atoms with Gasteiger partial charge in [0.15, 0.2) is 0 Å². The van der Waals surface area contributed by atoms with Gasteiger partial charge >= 0.3 is 7.12 Å². The van der Waals surface area contributed by atoms with E-state index >= 15 is 0 Å². The van der Waals surface area contributed by atoms with Crippen LogP contribution in [0.5, 0.6) is 0 Å². The van der Waals surface area contributed by atoms with Crippen LogP contribution in [0.15, 0.2) is 109 Å². The molecule has 5 heteroatoms. The molecular weight excluding hydrogens is 449 g/mol. The van der Waals surface area contributed by atoms with Crippen molar-refractivity contribution in [1.29, 1.82) is 0 Å². The van der Waals surface area contributed by atoms with Crippen molar-refractivity contribution in [2.45, 2.75) is 0 Å². The minimum absolute atomic E-state index is 0.548. The van der Waals surface area contributed by atoms with Crippen LogP contribution in [0.3, 0.4) is 0 Å². The molecule has 166 valence electrons. The summed E-state index contributed by atoms with van der Waals surface area (Å²) < 4.78 is 4.53. The zero-order valence-electron chi connectivity index (χ0n) is 18.7. The van der Waals surface area contributed by atoms with E-state index in [1.54, 1.807) is 17.4 Å². The second-order valence-corrected chi connectivity index (χ2v) is 9.85. The zero-order valence-corrected chi connectivity index (χ0v) is 19.5. The van der Waals surface area contributed by atoms with Crippen LogP contribution in [0.1, 0.15) is 0 Å². The SMILES string of the molecule is OB(O)c1cccc2sc3c(-c4ccc5c(c4)c4ccccc4n5-c4ccccc4)cccc3c12. The molecule has 35 heavy (non-hydrogen) atoms. The van der Waals surface area contributed by atoms with Crippen LogP contribution in [0.2, 0.25) is 0 Å². The van der Waals surface area contributed by atoms with Gasteiger partial charge in [-0.15, -0.1) is 11.3 Å². The number of nitrogens with zero attached hydrogens (tertiary/aromatic N) is 1. The minimum atomic E-state index is -1.50. The van der Waals surface area contributed by atoms with Gasteiger partial charge in [-0.1, -0.05) is 72.8 Å². The predicted octanol–water partition coefficient (Wildman–Crippen LogP) is 6.50. The van der Waals surface area contributed by atoms with E-state index in [1.165, 1.54) is 21.8 Å². The highest BCUT2D eigenvalue weighted by molar-refractivity contribution is 7.26. The van der Waals surface area contributed by atoms with Gasteiger partial charge in [0, 0.05) is 36.6 Å². The first-order valence-corrected chi connectivity index (χ1v) is 12.4. The van der Waals surface area contributed by atoms with Crippen molar-refractivity contribution in [3.8, 4) is 16.8 Å². The van der Waals surface area contributed by atoms with Gasteiger partial charge in [0.05, 0.1) is 11.0 Å². The Hall–Kier alpha value is -3.90. The molecule has 0 spiro atoms. The summed E-state index contributed by atoms with van der Waals surface area (Å²) in [5.74, 6) is 0. The summed E-state index contributed by atoms with van der Waals surface area (Å²) in [6.45, 7) is 0. The van der Waals surface area contributed by atoms with Gasteiger partial charge in [-0.25, -0.2) is 0 Å². The Labute approximate surface area is 206 Å².